The van der Waals surface area contributed by atoms with Crippen molar-refractivity contribution in [1.29, 1.82) is 0 Å². The lowest BCUT2D eigenvalue weighted by molar-refractivity contribution is -0.147. The van der Waals surface area contributed by atoms with Gasteiger partial charge in [0.15, 0.2) is 0 Å². The molecule has 0 spiro atoms. The van der Waals surface area contributed by atoms with Crippen molar-refractivity contribution in [2.24, 2.45) is 11.7 Å². The molecule has 160 valence electrons. The number of carbonyl (C=O) groups excluding carboxylic acids is 3. The summed E-state index contributed by atoms with van der Waals surface area (Å²) in [6, 6.07) is -5.35. The summed E-state index contributed by atoms with van der Waals surface area (Å²) in [5.74, 6) is -5.95. The second kappa shape index (κ2) is 12.2. The van der Waals surface area contributed by atoms with Gasteiger partial charge in [-0.15, -0.1) is 0 Å². The van der Waals surface area contributed by atoms with Gasteiger partial charge in [-0.05, 0) is 5.92 Å². The van der Waals surface area contributed by atoms with E-state index in [0.717, 1.165) is 0 Å². The number of carboxylic acid groups (broad SMARTS) is 2. The van der Waals surface area contributed by atoms with Crippen LogP contribution in [0.5, 0.6) is 0 Å². The summed E-state index contributed by atoms with van der Waals surface area (Å²) < 4.78 is 0. The zero-order chi connectivity index (χ0) is 22.0. The zero-order valence-electron chi connectivity index (χ0n) is 15.4. The number of hydrogen-bond donors (Lipinski definition) is 8. The van der Waals surface area contributed by atoms with E-state index in [2.05, 4.69) is 23.3 Å². The zero-order valence-corrected chi connectivity index (χ0v) is 16.3. The van der Waals surface area contributed by atoms with Crippen LogP contribution in [0.25, 0.3) is 0 Å². The predicted octanol–water partition coefficient (Wildman–Crippen LogP) is -3.09. The monoisotopic (exact) mass is 422 g/mol. The molecule has 0 radical (unpaired) electrons. The lowest BCUT2D eigenvalue weighted by Gasteiger charge is -2.26. The maximum absolute atomic E-state index is 12.4. The third-order valence-electron chi connectivity index (χ3n) is 3.59. The van der Waals surface area contributed by atoms with E-state index in [1.807, 2.05) is 5.32 Å². The van der Waals surface area contributed by atoms with Gasteiger partial charge in [-0.2, -0.15) is 12.6 Å². The van der Waals surface area contributed by atoms with Crippen LogP contribution in [0.4, 0.5) is 0 Å². The van der Waals surface area contributed by atoms with E-state index in [9.17, 15) is 29.1 Å². The molecule has 28 heavy (non-hydrogen) atoms. The van der Waals surface area contributed by atoms with Crippen LogP contribution in [0.3, 0.4) is 0 Å². The molecule has 0 aliphatic rings. The molecule has 0 aromatic carbocycles. The van der Waals surface area contributed by atoms with Gasteiger partial charge in [-0.3, -0.25) is 19.2 Å². The summed E-state index contributed by atoms with van der Waals surface area (Å²) in [5, 5.41) is 33.5. The molecule has 8 N–H and O–H groups in total. The van der Waals surface area contributed by atoms with E-state index in [1.54, 1.807) is 13.8 Å². The van der Waals surface area contributed by atoms with Crippen LogP contribution in [-0.2, 0) is 24.0 Å². The number of nitrogens with one attached hydrogen (secondary N) is 3. The normalized spacial score (nSPS) is 15.1. The molecule has 0 aliphatic heterocycles. The fraction of sp³-hybridized carbons (Fsp3) is 0.667. The Morgan fingerprint density at radius 3 is 1.86 bits per heavy atom. The highest BCUT2D eigenvalue weighted by molar-refractivity contribution is 7.80. The molecule has 0 fully saturated rings. The van der Waals surface area contributed by atoms with Crippen LogP contribution >= 0.6 is 12.6 Å². The molecule has 0 aliphatic carbocycles. The summed E-state index contributed by atoms with van der Waals surface area (Å²) in [6.07, 6.45) is -0.889. The van der Waals surface area contributed by atoms with E-state index >= 15 is 0 Å². The Balaban J connectivity index is 5.15. The van der Waals surface area contributed by atoms with Crippen LogP contribution in [0.15, 0.2) is 0 Å². The number of aliphatic hydroxyl groups excluding tert-OH is 1. The Morgan fingerprint density at radius 1 is 0.929 bits per heavy atom. The van der Waals surface area contributed by atoms with Crippen molar-refractivity contribution in [1.82, 2.24) is 16.0 Å². The van der Waals surface area contributed by atoms with E-state index in [4.69, 9.17) is 15.9 Å². The topological polar surface area (TPSA) is 208 Å². The number of carbonyl (C=O) groups is 5. The lowest BCUT2D eigenvalue weighted by Crippen LogP contribution is -2.59. The summed E-state index contributed by atoms with van der Waals surface area (Å²) in [4.78, 5) is 58.1. The first-order valence-electron chi connectivity index (χ1n) is 8.27. The summed E-state index contributed by atoms with van der Waals surface area (Å²) >= 11 is 3.89. The van der Waals surface area contributed by atoms with Gasteiger partial charge in [-0.25, -0.2) is 4.79 Å². The van der Waals surface area contributed by atoms with Crippen molar-refractivity contribution in [3.63, 3.8) is 0 Å². The van der Waals surface area contributed by atoms with Gasteiger partial charge in [0.25, 0.3) is 0 Å². The number of nitrogens with two attached hydrogens (primary N) is 1. The maximum Gasteiger partial charge on any atom is 0.326 e. The molecule has 0 aromatic rings. The second-order valence-electron chi connectivity index (χ2n) is 6.26. The quantitative estimate of drug-likeness (QED) is 0.150. The average Bonchev–Trinajstić information content (AvgIpc) is 2.61. The standard InChI is InChI=1S/C15H26N4O8S/c1-6(2)11(19-12(23)7(16)5-28)14(25)18-9(4-20)13(24)17-8(15(26)27)3-10(21)22/h6-9,11,20,28H,3-5,16H2,1-2H3,(H,17,24)(H,18,25)(H,19,23)(H,21,22)(H,26,27). The number of aliphatic hydroxyl groups is 1. The van der Waals surface area contributed by atoms with E-state index in [0.29, 0.717) is 0 Å². The molecule has 0 saturated carbocycles. The number of aliphatic carboxylic acids is 2. The van der Waals surface area contributed by atoms with E-state index in [-0.39, 0.29) is 5.75 Å². The molecule has 0 bridgehead atoms. The van der Waals surface area contributed by atoms with Crippen LogP contribution in [0.1, 0.15) is 20.3 Å². The third kappa shape index (κ3) is 8.54. The Hall–Kier alpha value is -2.38. The molecule has 0 rings (SSSR count). The smallest absolute Gasteiger partial charge is 0.326 e. The van der Waals surface area contributed by atoms with Gasteiger partial charge in [0.1, 0.15) is 18.1 Å². The Labute approximate surface area is 166 Å². The fourth-order valence-corrected chi connectivity index (χ4v) is 2.15. The van der Waals surface area contributed by atoms with Crippen molar-refractivity contribution < 1.29 is 39.3 Å². The minimum Gasteiger partial charge on any atom is -0.481 e. The molecule has 4 atom stereocenters. The van der Waals surface area contributed by atoms with Gasteiger partial charge < -0.3 is 37.0 Å². The molecule has 0 aromatic heterocycles. The summed E-state index contributed by atoms with van der Waals surface area (Å²) in [5.41, 5.74) is 5.54. The van der Waals surface area contributed by atoms with E-state index < -0.39 is 72.8 Å². The molecule has 4 unspecified atom stereocenters. The molecule has 0 heterocycles. The van der Waals surface area contributed by atoms with Gasteiger partial charge in [0.2, 0.25) is 17.7 Å². The molecule has 13 heteroatoms. The predicted molar refractivity (Wildman–Crippen MR) is 99.4 cm³/mol. The van der Waals surface area contributed by atoms with Crippen molar-refractivity contribution >= 4 is 42.3 Å². The highest BCUT2D eigenvalue weighted by Crippen LogP contribution is 2.04. The second-order valence-corrected chi connectivity index (χ2v) is 6.63. The van der Waals surface area contributed by atoms with Crippen LogP contribution in [0.2, 0.25) is 0 Å². The number of carboxylic acids is 2. The van der Waals surface area contributed by atoms with Crippen molar-refractivity contribution in [3.05, 3.63) is 0 Å². The van der Waals surface area contributed by atoms with Gasteiger partial charge in [0, 0.05) is 5.75 Å². The SMILES string of the molecule is CC(C)C(NC(=O)C(N)CS)C(=O)NC(CO)C(=O)NC(CC(=O)O)C(=O)O. The number of hydrogen-bond acceptors (Lipinski definition) is 8. The number of amides is 3. The van der Waals surface area contributed by atoms with Gasteiger partial charge in [-0.1, -0.05) is 13.8 Å². The highest BCUT2D eigenvalue weighted by Gasteiger charge is 2.31. The van der Waals surface area contributed by atoms with E-state index in [1.165, 1.54) is 0 Å². The first kappa shape index (κ1) is 25.6. The Kier molecular flexibility index (Phi) is 11.1. The minimum absolute atomic E-state index is 0.0418. The third-order valence-corrected chi connectivity index (χ3v) is 3.98. The summed E-state index contributed by atoms with van der Waals surface area (Å²) in [7, 11) is 0. The van der Waals surface area contributed by atoms with Crippen LogP contribution in [-0.4, -0.2) is 81.5 Å². The molecule has 3 amide bonds. The first-order valence-corrected chi connectivity index (χ1v) is 8.90. The molecular weight excluding hydrogens is 396 g/mol. The minimum atomic E-state index is -1.75. The lowest BCUT2D eigenvalue weighted by atomic mass is 10.0. The van der Waals surface area contributed by atoms with Crippen LogP contribution < -0.4 is 21.7 Å². The summed E-state index contributed by atoms with van der Waals surface area (Å²) in [6.45, 7) is 2.36. The highest BCUT2D eigenvalue weighted by atomic mass is 32.1. The Bertz CT molecular complexity index is 601. The van der Waals surface area contributed by atoms with Gasteiger partial charge in [0.05, 0.1) is 19.1 Å². The largest absolute Gasteiger partial charge is 0.481 e. The molecule has 12 nitrogen and oxygen atoms in total. The molecular formula is C15H26N4O8S. The Morgan fingerprint density at radius 2 is 1.46 bits per heavy atom. The van der Waals surface area contributed by atoms with Crippen LogP contribution in [0, 0.1) is 5.92 Å². The fourth-order valence-electron chi connectivity index (χ4n) is 1.98. The first-order chi connectivity index (χ1) is 12.9. The maximum atomic E-state index is 12.4. The van der Waals surface area contributed by atoms with Gasteiger partial charge >= 0.3 is 11.9 Å². The number of rotatable bonds is 12. The van der Waals surface area contributed by atoms with Crippen molar-refractivity contribution in [2.75, 3.05) is 12.4 Å². The average molecular weight is 422 g/mol. The van der Waals surface area contributed by atoms with Crippen molar-refractivity contribution in [2.45, 2.75) is 44.4 Å². The number of thiol groups is 1. The van der Waals surface area contributed by atoms with Crippen molar-refractivity contribution in [3.8, 4) is 0 Å². The molecule has 0 saturated heterocycles.